The van der Waals surface area contributed by atoms with Gasteiger partial charge in [0.1, 0.15) is 0 Å². The summed E-state index contributed by atoms with van der Waals surface area (Å²) in [6, 6.07) is 0. The fourth-order valence-corrected chi connectivity index (χ4v) is 1.27. The third kappa shape index (κ3) is 1.56. The maximum absolute atomic E-state index is 10.4. The third-order valence-corrected chi connectivity index (χ3v) is 1.87. The number of carboxylic acid groups (broad SMARTS) is 1. The molecule has 0 aromatic carbocycles. The average molecular weight is 141 g/mol. The number of carboxylic acids is 1. The van der Waals surface area contributed by atoms with Crippen molar-refractivity contribution in [2.24, 2.45) is 5.92 Å². The van der Waals surface area contributed by atoms with E-state index in [1.54, 1.807) is 0 Å². The number of carbonyl (C=O) groups is 1. The van der Waals surface area contributed by atoms with Crippen molar-refractivity contribution in [2.75, 3.05) is 0 Å². The predicted molar refractivity (Wildman–Crippen MR) is 37.3 cm³/mol. The van der Waals surface area contributed by atoms with Crippen LogP contribution in [0, 0.1) is 11.3 Å². The van der Waals surface area contributed by atoms with Crippen LogP contribution in [0.15, 0.2) is 0 Å². The zero-order valence-electron chi connectivity index (χ0n) is 5.76. The van der Waals surface area contributed by atoms with E-state index in [0.717, 1.165) is 19.3 Å². The van der Waals surface area contributed by atoms with Crippen molar-refractivity contribution in [3.05, 3.63) is 0 Å². The van der Waals surface area contributed by atoms with Crippen LogP contribution in [0.2, 0.25) is 0 Å². The van der Waals surface area contributed by atoms with E-state index in [0.29, 0.717) is 12.1 Å². The summed E-state index contributed by atoms with van der Waals surface area (Å²) in [6.45, 7) is 0. The highest BCUT2D eigenvalue weighted by molar-refractivity contribution is 5.86. The van der Waals surface area contributed by atoms with E-state index in [4.69, 9.17) is 10.5 Å². The summed E-state index contributed by atoms with van der Waals surface area (Å²) in [4.78, 5) is 10.4. The Bertz CT molecular complexity index is 163. The van der Waals surface area contributed by atoms with Gasteiger partial charge in [-0.15, -0.1) is 0 Å². The average Bonchev–Trinajstić information content (AvgIpc) is 1.88. The first-order valence-electron chi connectivity index (χ1n) is 3.49. The summed E-state index contributed by atoms with van der Waals surface area (Å²) in [6.07, 6.45) is 2.88. The highest BCUT2D eigenvalue weighted by Crippen LogP contribution is 2.21. The zero-order chi connectivity index (χ0) is 7.56. The van der Waals surface area contributed by atoms with Crippen LogP contribution in [0.1, 0.15) is 25.7 Å². The Morgan fingerprint density at radius 2 is 2.40 bits per heavy atom. The molecule has 1 fully saturated rings. The Kier molecular flexibility index (Phi) is 2.04. The van der Waals surface area contributed by atoms with E-state index < -0.39 is 5.97 Å². The van der Waals surface area contributed by atoms with Gasteiger partial charge in [-0.05, 0) is 25.7 Å². The molecule has 1 unspecified atom stereocenters. The second-order valence-corrected chi connectivity index (χ2v) is 2.74. The Morgan fingerprint density at radius 1 is 1.70 bits per heavy atom. The van der Waals surface area contributed by atoms with Crippen molar-refractivity contribution in [1.29, 1.82) is 5.41 Å². The minimum absolute atomic E-state index is 0.277. The van der Waals surface area contributed by atoms with Gasteiger partial charge in [0, 0.05) is 5.71 Å². The standard InChI is InChI=1S/C7H11NO2/c8-6-3-1-2-5(4-6)7(9)10/h5,8H,1-4H2,(H,9,10). The maximum atomic E-state index is 10.4. The van der Waals surface area contributed by atoms with E-state index >= 15 is 0 Å². The van der Waals surface area contributed by atoms with Crippen molar-refractivity contribution in [3.63, 3.8) is 0 Å². The van der Waals surface area contributed by atoms with Crippen LogP contribution < -0.4 is 0 Å². The van der Waals surface area contributed by atoms with Crippen molar-refractivity contribution < 1.29 is 9.90 Å². The molecule has 1 saturated carbocycles. The van der Waals surface area contributed by atoms with E-state index in [1.807, 2.05) is 0 Å². The molecular weight excluding hydrogens is 130 g/mol. The topological polar surface area (TPSA) is 61.2 Å². The van der Waals surface area contributed by atoms with E-state index in [-0.39, 0.29) is 5.92 Å². The smallest absolute Gasteiger partial charge is 0.306 e. The van der Waals surface area contributed by atoms with Crippen LogP contribution in [0.3, 0.4) is 0 Å². The fraction of sp³-hybridized carbons (Fsp3) is 0.714. The Morgan fingerprint density at radius 3 is 2.80 bits per heavy atom. The van der Waals surface area contributed by atoms with Gasteiger partial charge >= 0.3 is 5.97 Å². The molecule has 0 saturated heterocycles. The molecule has 10 heavy (non-hydrogen) atoms. The van der Waals surface area contributed by atoms with Gasteiger partial charge in [0.25, 0.3) is 0 Å². The predicted octanol–water partition coefficient (Wildman–Crippen LogP) is 1.28. The summed E-state index contributed by atoms with van der Waals surface area (Å²) in [7, 11) is 0. The fourth-order valence-electron chi connectivity index (χ4n) is 1.27. The Balaban J connectivity index is 2.47. The van der Waals surface area contributed by atoms with Crippen molar-refractivity contribution in [3.8, 4) is 0 Å². The molecule has 1 atom stereocenters. The number of aliphatic carboxylic acids is 1. The number of hydrogen-bond donors (Lipinski definition) is 2. The van der Waals surface area contributed by atoms with Crippen LogP contribution in [0.25, 0.3) is 0 Å². The van der Waals surface area contributed by atoms with Crippen LogP contribution in [0.4, 0.5) is 0 Å². The summed E-state index contributed by atoms with van der Waals surface area (Å²) >= 11 is 0. The summed E-state index contributed by atoms with van der Waals surface area (Å²) in [5.74, 6) is -1.02. The highest BCUT2D eigenvalue weighted by Gasteiger charge is 2.22. The lowest BCUT2D eigenvalue weighted by Gasteiger charge is -2.17. The third-order valence-electron chi connectivity index (χ3n) is 1.87. The van der Waals surface area contributed by atoms with Crippen molar-refractivity contribution in [1.82, 2.24) is 0 Å². The second kappa shape index (κ2) is 2.82. The minimum Gasteiger partial charge on any atom is -0.481 e. The SMILES string of the molecule is N=C1CCCC(C(=O)O)C1. The molecule has 1 aliphatic rings. The molecule has 3 nitrogen and oxygen atoms in total. The number of hydrogen-bond acceptors (Lipinski definition) is 2. The second-order valence-electron chi connectivity index (χ2n) is 2.74. The van der Waals surface area contributed by atoms with Crippen LogP contribution in [-0.2, 0) is 4.79 Å². The van der Waals surface area contributed by atoms with Crippen molar-refractivity contribution >= 4 is 11.7 Å². The van der Waals surface area contributed by atoms with Crippen LogP contribution in [0.5, 0.6) is 0 Å². The van der Waals surface area contributed by atoms with Gasteiger partial charge < -0.3 is 10.5 Å². The molecule has 1 aliphatic carbocycles. The molecule has 56 valence electrons. The monoisotopic (exact) mass is 141 g/mol. The maximum Gasteiger partial charge on any atom is 0.306 e. The van der Waals surface area contributed by atoms with Gasteiger partial charge in [0.15, 0.2) is 0 Å². The minimum atomic E-state index is -0.746. The Hall–Kier alpha value is -0.860. The van der Waals surface area contributed by atoms with Gasteiger partial charge in [-0.25, -0.2) is 0 Å². The van der Waals surface area contributed by atoms with Gasteiger partial charge in [0.2, 0.25) is 0 Å². The normalized spacial score (nSPS) is 26.4. The number of rotatable bonds is 1. The van der Waals surface area contributed by atoms with Gasteiger partial charge in [0.05, 0.1) is 5.92 Å². The molecule has 3 heteroatoms. The summed E-state index contributed by atoms with van der Waals surface area (Å²) in [5, 5.41) is 15.8. The van der Waals surface area contributed by atoms with Gasteiger partial charge in [-0.1, -0.05) is 0 Å². The molecule has 0 radical (unpaired) electrons. The van der Waals surface area contributed by atoms with Crippen LogP contribution >= 0.6 is 0 Å². The lowest BCUT2D eigenvalue weighted by Crippen LogP contribution is -2.21. The first-order valence-corrected chi connectivity index (χ1v) is 3.49. The molecule has 0 bridgehead atoms. The molecule has 0 spiro atoms. The van der Waals surface area contributed by atoms with E-state index in [1.165, 1.54) is 0 Å². The first kappa shape index (κ1) is 7.25. The van der Waals surface area contributed by atoms with Crippen molar-refractivity contribution in [2.45, 2.75) is 25.7 Å². The zero-order valence-corrected chi connectivity index (χ0v) is 5.76. The largest absolute Gasteiger partial charge is 0.481 e. The van der Waals surface area contributed by atoms with Crippen LogP contribution in [-0.4, -0.2) is 16.8 Å². The van der Waals surface area contributed by atoms with Gasteiger partial charge in [-0.3, -0.25) is 4.79 Å². The summed E-state index contributed by atoms with van der Waals surface area (Å²) < 4.78 is 0. The van der Waals surface area contributed by atoms with Gasteiger partial charge in [-0.2, -0.15) is 0 Å². The molecule has 0 amide bonds. The Labute approximate surface area is 59.6 Å². The molecule has 0 heterocycles. The molecule has 2 N–H and O–H groups in total. The number of nitrogens with one attached hydrogen (secondary N) is 1. The van der Waals surface area contributed by atoms with E-state index in [9.17, 15) is 4.79 Å². The summed E-state index contributed by atoms with van der Waals surface area (Å²) in [5.41, 5.74) is 0.596. The lowest BCUT2D eigenvalue weighted by atomic mass is 9.88. The molecule has 0 aromatic rings. The molecule has 0 aromatic heterocycles. The first-order chi connectivity index (χ1) is 4.70. The highest BCUT2D eigenvalue weighted by atomic mass is 16.4. The lowest BCUT2D eigenvalue weighted by molar-refractivity contribution is -0.141. The quantitative estimate of drug-likeness (QED) is 0.577. The molecular formula is C7H11NO2. The van der Waals surface area contributed by atoms with E-state index in [2.05, 4.69) is 0 Å². The molecule has 1 rings (SSSR count). The molecule has 0 aliphatic heterocycles.